The lowest BCUT2D eigenvalue weighted by Gasteiger charge is -2.28. The fourth-order valence-corrected chi connectivity index (χ4v) is 2.62. The molecule has 1 aliphatic heterocycles. The third-order valence-electron chi connectivity index (χ3n) is 3.94. The second-order valence-electron chi connectivity index (χ2n) is 7.46. The Balaban J connectivity index is 0.00000392. The topological polar surface area (TPSA) is 93.3 Å². The second-order valence-corrected chi connectivity index (χ2v) is 7.46. The van der Waals surface area contributed by atoms with Gasteiger partial charge in [0.1, 0.15) is 5.60 Å². The first-order chi connectivity index (χ1) is 12.8. The van der Waals surface area contributed by atoms with E-state index in [4.69, 9.17) is 15.2 Å². The smallest absolute Gasteiger partial charge is 0.410 e. The van der Waals surface area contributed by atoms with Crippen molar-refractivity contribution in [1.82, 2.24) is 14.8 Å². The van der Waals surface area contributed by atoms with E-state index in [0.717, 1.165) is 18.7 Å². The van der Waals surface area contributed by atoms with Gasteiger partial charge in [0.25, 0.3) is 0 Å². The molecule has 0 spiro atoms. The first-order valence-corrected chi connectivity index (χ1v) is 9.34. The highest BCUT2D eigenvalue weighted by Gasteiger charge is 2.22. The van der Waals surface area contributed by atoms with E-state index < -0.39 is 5.60 Å². The lowest BCUT2D eigenvalue weighted by molar-refractivity contribution is 0.0232. The number of aromatic nitrogens is 1. The molecule has 1 aromatic rings. The van der Waals surface area contributed by atoms with Crippen LogP contribution in [-0.4, -0.2) is 71.8 Å². The quantitative estimate of drug-likeness (QED) is 0.277. The van der Waals surface area contributed by atoms with Crippen molar-refractivity contribution in [2.75, 3.05) is 39.4 Å². The molecule has 9 heteroatoms. The number of carbonyl (C=O) groups is 1. The zero-order chi connectivity index (χ0) is 19.7. The standard InChI is InChI=1S/C19H31N5O3.HI/c1-19(2,3)27-18(25)24(15-16-6-4-7-21-14-16)9-5-8-22-17(20)23-10-12-26-13-11-23;/h4,6-7,14H,5,8-13,15H2,1-3H3,(H2,20,22);1H. The number of pyridine rings is 1. The number of carbonyl (C=O) groups excluding carboxylic acids is 1. The summed E-state index contributed by atoms with van der Waals surface area (Å²) in [5.41, 5.74) is 6.46. The van der Waals surface area contributed by atoms with E-state index in [1.165, 1.54) is 0 Å². The summed E-state index contributed by atoms with van der Waals surface area (Å²) in [7, 11) is 0. The molecule has 1 fully saturated rings. The van der Waals surface area contributed by atoms with Crippen LogP contribution in [0.25, 0.3) is 0 Å². The number of amides is 1. The number of halogens is 1. The monoisotopic (exact) mass is 505 g/mol. The van der Waals surface area contributed by atoms with Crippen molar-refractivity contribution in [2.24, 2.45) is 10.7 Å². The Kier molecular flexibility index (Phi) is 10.5. The third kappa shape index (κ3) is 9.05. The van der Waals surface area contributed by atoms with Gasteiger partial charge in [-0.3, -0.25) is 9.98 Å². The molecule has 2 N–H and O–H groups in total. The first-order valence-electron chi connectivity index (χ1n) is 9.34. The molecule has 1 amide bonds. The van der Waals surface area contributed by atoms with Crippen LogP contribution < -0.4 is 5.73 Å². The summed E-state index contributed by atoms with van der Waals surface area (Å²) in [6, 6.07) is 3.80. The minimum Gasteiger partial charge on any atom is -0.444 e. The molecule has 8 nitrogen and oxygen atoms in total. The number of morpholine rings is 1. The fraction of sp³-hybridized carbons (Fsp3) is 0.632. The van der Waals surface area contributed by atoms with Crippen LogP contribution in [-0.2, 0) is 16.0 Å². The molecule has 0 saturated carbocycles. The number of nitrogens with zero attached hydrogens (tertiary/aromatic N) is 4. The van der Waals surface area contributed by atoms with Gasteiger partial charge in [-0.25, -0.2) is 4.79 Å². The van der Waals surface area contributed by atoms with Crippen molar-refractivity contribution in [3.63, 3.8) is 0 Å². The molecule has 1 saturated heterocycles. The van der Waals surface area contributed by atoms with Crippen molar-refractivity contribution in [1.29, 1.82) is 0 Å². The molecule has 1 aromatic heterocycles. The van der Waals surface area contributed by atoms with Crippen LogP contribution in [0, 0.1) is 0 Å². The van der Waals surface area contributed by atoms with E-state index in [1.807, 2.05) is 37.8 Å². The lowest BCUT2D eigenvalue weighted by atomic mass is 10.2. The summed E-state index contributed by atoms with van der Waals surface area (Å²) in [5.74, 6) is 0.536. The highest BCUT2D eigenvalue weighted by molar-refractivity contribution is 14.0. The lowest BCUT2D eigenvalue weighted by Crippen LogP contribution is -2.45. The highest BCUT2D eigenvalue weighted by Crippen LogP contribution is 2.13. The van der Waals surface area contributed by atoms with Gasteiger partial charge in [-0.05, 0) is 38.8 Å². The Hall–Kier alpha value is -1.62. The Morgan fingerprint density at radius 2 is 2.11 bits per heavy atom. The molecule has 158 valence electrons. The zero-order valence-corrected chi connectivity index (χ0v) is 19.3. The van der Waals surface area contributed by atoms with Gasteiger partial charge in [-0.1, -0.05) is 6.07 Å². The molecule has 0 aliphatic carbocycles. The van der Waals surface area contributed by atoms with Gasteiger partial charge in [-0.2, -0.15) is 0 Å². The summed E-state index contributed by atoms with van der Waals surface area (Å²) >= 11 is 0. The van der Waals surface area contributed by atoms with E-state index in [9.17, 15) is 4.79 Å². The summed E-state index contributed by atoms with van der Waals surface area (Å²) in [6.45, 7) is 9.99. The minimum absolute atomic E-state index is 0. The Bertz CT molecular complexity index is 616. The van der Waals surface area contributed by atoms with Crippen LogP contribution in [0.5, 0.6) is 0 Å². The van der Waals surface area contributed by atoms with Gasteiger partial charge >= 0.3 is 6.09 Å². The summed E-state index contributed by atoms with van der Waals surface area (Å²) in [5, 5.41) is 0. The van der Waals surface area contributed by atoms with Crippen LogP contribution in [0.4, 0.5) is 4.79 Å². The maximum atomic E-state index is 12.5. The fourth-order valence-electron chi connectivity index (χ4n) is 2.62. The molecule has 0 aromatic carbocycles. The Morgan fingerprint density at radius 1 is 1.39 bits per heavy atom. The molecule has 0 unspecified atom stereocenters. The molecule has 2 rings (SSSR count). The number of aliphatic imine (C=N–C) groups is 1. The van der Waals surface area contributed by atoms with Gasteiger partial charge in [0.2, 0.25) is 0 Å². The van der Waals surface area contributed by atoms with Crippen LogP contribution in [0.1, 0.15) is 32.8 Å². The third-order valence-corrected chi connectivity index (χ3v) is 3.94. The van der Waals surface area contributed by atoms with Crippen LogP contribution in [0.2, 0.25) is 0 Å². The maximum Gasteiger partial charge on any atom is 0.410 e. The molecular weight excluding hydrogens is 473 g/mol. The van der Waals surface area contributed by atoms with Crippen molar-refractivity contribution >= 4 is 36.0 Å². The molecule has 0 atom stereocenters. The number of hydrogen-bond acceptors (Lipinski definition) is 5. The van der Waals surface area contributed by atoms with Crippen LogP contribution in [0.3, 0.4) is 0 Å². The van der Waals surface area contributed by atoms with Crippen LogP contribution in [0.15, 0.2) is 29.5 Å². The largest absolute Gasteiger partial charge is 0.444 e. The van der Waals surface area contributed by atoms with E-state index in [1.54, 1.807) is 17.3 Å². The number of nitrogens with two attached hydrogens (primary N) is 1. The highest BCUT2D eigenvalue weighted by atomic mass is 127. The Morgan fingerprint density at radius 3 is 2.71 bits per heavy atom. The van der Waals surface area contributed by atoms with Crippen molar-refractivity contribution in [2.45, 2.75) is 39.3 Å². The van der Waals surface area contributed by atoms with Gasteiger partial charge < -0.3 is 25.0 Å². The van der Waals surface area contributed by atoms with Gasteiger partial charge in [-0.15, -0.1) is 24.0 Å². The number of guanidine groups is 1. The molecule has 1 aliphatic rings. The predicted octanol–water partition coefficient (Wildman–Crippen LogP) is 2.47. The van der Waals surface area contributed by atoms with Gasteiger partial charge in [0.15, 0.2) is 5.96 Å². The number of hydrogen-bond donors (Lipinski definition) is 1. The van der Waals surface area contributed by atoms with Crippen molar-refractivity contribution < 1.29 is 14.3 Å². The second kappa shape index (κ2) is 12.1. The van der Waals surface area contributed by atoms with E-state index in [0.29, 0.717) is 45.2 Å². The zero-order valence-electron chi connectivity index (χ0n) is 17.0. The molecule has 0 bridgehead atoms. The predicted molar refractivity (Wildman–Crippen MR) is 120 cm³/mol. The average Bonchev–Trinajstić information content (AvgIpc) is 2.64. The first kappa shape index (κ1) is 24.4. The molecule has 0 radical (unpaired) electrons. The molecule has 28 heavy (non-hydrogen) atoms. The van der Waals surface area contributed by atoms with Crippen LogP contribution >= 0.6 is 24.0 Å². The minimum atomic E-state index is -0.539. The van der Waals surface area contributed by atoms with Gasteiger partial charge in [0, 0.05) is 38.6 Å². The maximum absolute atomic E-state index is 12.5. The number of rotatable bonds is 6. The SMILES string of the molecule is CC(C)(C)OC(=O)N(CCCN=C(N)N1CCOCC1)Cc1cccnc1.I. The van der Waals surface area contributed by atoms with E-state index >= 15 is 0 Å². The normalized spacial score (nSPS) is 15.0. The molecular formula is C19H32IN5O3. The summed E-state index contributed by atoms with van der Waals surface area (Å²) in [6.07, 6.45) is 3.83. The van der Waals surface area contributed by atoms with Gasteiger partial charge in [0.05, 0.1) is 19.8 Å². The number of ether oxygens (including phenoxy) is 2. The van der Waals surface area contributed by atoms with Crippen molar-refractivity contribution in [3.8, 4) is 0 Å². The van der Waals surface area contributed by atoms with E-state index in [2.05, 4.69) is 9.98 Å². The summed E-state index contributed by atoms with van der Waals surface area (Å²) in [4.78, 5) is 24.8. The summed E-state index contributed by atoms with van der Waals surface area (Å²) < 4.78 is 10.8. The molecule has 2 heterocycles. The van der Waals surface area contributed by atoms with Crippen molar-refractivity contribution in [3.05, 3.63) is 30.1 Å². The average molecular weight is 505 g/mol. The Labute approximate surface area is 184 Å². The van der Waals surface area contributed by atoms with E-state index in [-0.39, 0.29) is 30.1 Å².